The SMILES string of the molecule is N#CCc1c(Cl)cccc1CN. The van der Waals surface area contributed by atoms with E-state index in [2.05, 4.69) is 6.07 Å². The Labute approximate surface area is 76.6 Å². The van der Waals surface area contributed by atoms with Crippen molar-refractivity contribution in [2.24, 2.45) is 5.73 Å². The lowest BCUT2D eigenvalue weighted by Crippen LogP contribution is -2.01. The van der Waals surface area contributed by atoms with E-state index in [-0.39, 0.29) is 0 Å². The molecule has 0 bridgehead atoms. The van der Waals surface area contributed by atoms with Crippen LogP contribution in [0.1, 0.15) is 11.1 Å². The number of rotatable bonds is 2. The summed E-state index contributed by atoms with van der Waals surface area (Å²) in [5, 5.41) is 9.14. The van der Waals surface area contributed by atoms with Gasteiger partial charge < -0.3 is 5.73 Å². The fourth-order valence-electron chi connectivity index (χ4n) is 1.07. The van der Waals surface area contributed by atoms with Crippen LogP contribution in [0.4, 0.5) is 0 Å². The normalized spacial score (nSPS) is 9.42. The molecule has 0 amide bonds. The van der Waals surface area contributed by atoms with Crippen molar-refractivity contribution in [1.82, 2.24) is 0 Å². The Bertz CT molecular complexity index is 315. The average Bonchev–Trinajstić information content (AvgIpc) is 2.09. The maximum Gasteiger partial charge on any atom is 0.0670 e. The molecule has 0 spiro atoms. The quantitative estimate of drug-likeness (QED) is 0.756. The molecule has 0 aliphatic carbocycles. The van der Waals surface area contributed by atoms with Crippen LogP contribution in [-0.4, -0.2) is 0 Å². The van der Waals surface area contributed by atoms with Gasteiger partial charge in [0.25, 0.3) is 0 Å². The zero-order valence-electron chi connectivity index (χ0n) is 6.55. The van der Waals surface area contributed by atoms with Gasteiger partial charge in [0, 0.05) is 11.6 Å². The summed E-state index contributed by atoms with van der Waals surface area (Å²) in [6, 6.07) is 7.56. The predicted molar refractivity (Wildman–Crippen MR) is 48.7 cm³/mol. The van der Waals surface area contributed by atoms with Crippen molar-refractivity contribution >= 4 is 11.6 Å². The van der Waals surface area contributed by atoms with Crippen molar-refractivity contribution in [1.29, 1.82) is 5.26 Å². The van der Waals surface area contributed by atoms with Crippen molar-refractivity contribution in [3.63, 3.8) is 0 Å². The standard InChI is InChI=1S/C9H9ClN2/c10-9-3-1-2-7(6-12)8(9)4-5-11/h1-3H,4,6,12H2. The summed E-state index contributed by atoms with van der Waals surface area (Å²) in [7, 11) is 0. The number of hydrogen-bond donors (Lipinski definition) is 1. The molecule has 0 heterocycles. The molecule has 0 saturated carbocycles. The van der Waals surface area contributed by atoms with Gasteiger partial charge in [-0.3, -0.25) is 0 Å². The summed E-state index contributed by atoms with van der Waals surface area (Å²) >= 11 is 5.88. The largest absolute Gasteiger partial charge is 0.326 e. The van der Waals surface area contributed by atoms with E-state index < -0.39 is 0 Å². The molecule has 0 saturated heterocycles. The van der Waals surface area contributed by atoms with Crippen LogP contribution in [0, 0.1) is 11.3 Å². The van der Waals surface area contributed by atoms with Gasteiger partial charge in [-0.25, -0.2) is 0 Å². The highest BCUT2D eigenvalue weighted by Gasteiger charge is 2.03. The summed E-state index contributed by atoms with van der Waals surface area (Å²) in [5.41, 5.74) is 7.28. The number of nitriles is 1. The minimum absolute atomic E-state index is 0.326. The van der Waals surface area contributed by atoms with Crippen LogP contribution in [0.5, 0.6) is 0 Å². The molecule has 3 heteroatoms. The Morgan fingerprint density at radius 2 is 2.25 bits per heavy atom. The average molecular weight is 181 g/mol. The molecule has 0 aromatic heterocycles. The minimum Gasteiger partial charge on any atom is -0.326 e. The molecule has 1 rings (SSSR count). The summed E-state index contributed by atoms with van der Waals surface area (Å²) in [5.74, 6) is 0. The molecule has 12 heavy (non-hydrogen) atoms. The first kappa shape index (κ1) is 9.05. The van der Waals surface area contributed by atoms with Gasteiger partial charge >= 0.3 is 0 Å². The Morgan fingerprint density at radius 3 is 2.83 bits per heavy atom. The molecular weight excluding hydrogens is 172 g/mol. The summed E-state index contributed by atoms with van der Waals surface area (Å²) in [6.07, 6.45) is 0.326. The maximum absolute atomic E-state index is 8.51. The zero-order valence-corrected chi connectivity index (χ0v) is 7.30. The van der Waals surface area contributed by atoms with Gasteiger partial charge in [0.05, 0.1) is 12.5 Å². The van der Waals surface area contributed by atoms with Crippen LogP contribution in [0.15, 0.2) is 18.2 Å². The zero-order chi connectivity index (χ0) is 8.97. The molecule has 2 N–H and O–H groups in total. The van der Waals surface area contributed by atoms with Gasteiger partial charge in [0.1, 0.15) is 0 Å². The second-order valence-corrected chi connectivity index (χ2v) is 2.82. The lowest BCUT2D eigenvalue weighted by atomic mass is 10.1. The van der Waals surface area contributed by atoms with Gasteiger partial charge in [0.15, 0.2) is 0 Å². The Kier molecular flexibility index (Phi) is 3.09. The number of benzene rings is 1. The summed E-state index contributed by atoms with van der Waals surface area (Å²) in [4.78, 5) is 0. The van der Waals surface area contributed by atoms with E-state index in [9.17, 15) is 0 Å². The van der Waals surface area contributed by atoms with E-state index in [1.807, 2.05) is 12.1 Å². The van der Waals surface area contributed by atoms with Crippen molar-refractivity contribution < 1.29 is 0 Å². The minimum atomic E-state index is 0.326. The van der Waals surface area contributed by atoms with Crippen molar-refractivity contribution in [2.75, 3.05) is 0 Å². The Balaban J connectivity index is 3.12. The first-order chi connectivity index (χ1) is 5.79. The van der Waals surface area contributed by atoms with Gasteiger partial charge in [-0.15, -0.1) is 0 Å². The number of nitrogens with zero attached hydrogens (tertiary/aromatic N) is 1. The van der Waals surface area contributed by atoms with E-state index in [4.69, 9.17) is 22.6 Å². The first-order valence-electron chi connectivity index (χ1n) is 3.63. The summed E-state index contributed by atoms with van der Waals surface area (Å²) in [6.45, 7) is 0.428. The molecular formula is C9H9ClN2. The highest BCUT2D eigenvalue weighted by atomic mass is 35.5. The number of halogens is 1. The van der Waals surface area contributed by atoms with Gasteiger partial charge in [-0.1, -0.05) is 23.7 Å². The molecule has 2 nitrogen and oxygen atoms in total. The topological polar surface area (TPSA) is 49.8 Å². The third-order valence-electron chi connectivity index (χ3n) is 1.69. The van der Waals surface area contributed by atoms with E-state index in [1.54, 1.807) is 6.07 Å². The molecule has 0 aliphatic rings. The molecule has 0 aliphatic heterocycles. The van der Waals surface area contributed by atoms with Crippen LogP contribution < -0.4 is 5.73 Å². The lowest BCUT2D eigenvalue weighted by molar-refractivity contribution is 1.03. The van der Waals surface area contributed by atoms with Crippen LogP contribution >= 0.6 is 11.6 Å². The van der Waals surface area contributed by atoms with Gasteiger partial charge in [0.2, 0.25) is 0 Å². The van der Waals surface area contributed by atoms with Crippen molar-refractivity contribution in [3.05, 3.63) is 34.3 Å². The van der Waals surface area contributed by atoms with E-state index >= 15 is 0 Å². The fraction of sp³-hybridized carbons (Fsp3) is 0.222. The van der Waals surface area contributed by atoms with E-state index in [1.165, 1.54) is 0 Å². The summed E-state index contributed by atoms with van der Waals surface area (Å²) < 4.78 is 0. The van der Waals surface area contributed by atoms with Gasteiger partial charge in [-0.2, -0.15) is 5.26 Å². The number of nitrogens with two attached hydrogens (primary N) is 1. The molecule has 0 atom stereocenters. The third kappa shape index (κ3) is 1.76. The smallest absolute Gasteiger partial charge is 0.0670 e. The highest BCUT2D eigenvalue weighted by molar-refractivity contribution is 6.31. The second kappa shape index (κ2) is 4.10. The molecule has 1 aromatic rings. The van der Waals surface area contributed by atoms with E-state index in [0.29, 0.717) is 18.0 Å². The van der Waals surface area contributed by atoms with Gasteiger partial charge in [-0.05, 0) is 17.2 Å². The van der Waals surface area contributed by atoms with Crippen LogP contribution in [0.3, 0.4) is 0 Å². The predicted octanol–water partition coefficient (Wildman–Crippen LogP) is 1.86. The highest BCUT2D eigenvalue weighted by Crippen LogP contribution is 2.19. The monoisotopic (exact) mass is 180 g/mol. The first-order valence-corrected chi connectivity index (χ1v) is 4.00. The molecule has 0 radical (unpaired) electrons. The molecule has 1 aromatic carbocycles. The second-order valence-electron chi connectivity index (χ2n) is 2.42. The van der Waals surface area contributed by atoms with Crippen molar-refractivity contribution in [2.45, 2.75) is 13.0 Å². The van der Waals surface area contributed by atoms with Crippen LogP contribution in [0.25, 0.3) is 0 Å². The van der Waals surface area contributed by atoms with Crippen LogP contribution in [0.2, 0.25) is 5.02 Å². The Hall–Kier alpha value is -1.04. The molecule has 62 valence electrons. The third-order valence-corrected chi connectivity index (χ3v) is 2.05. The van der Waals surface area contributed by atoms with E-state index in [0.717, 1.165) is 11.1 Å². The van der Waals surface area contributed by atoms with Crippen LogP contribution in [-0.2, 0) is 13.0 Å². The molecule has 0 fully saturated rings. The lowest BCUT2D eigenvalue weighted by Gasteiger charge is -2.05. The Morgan fingerprint density at radius 1 is 1.50 bits per heavy atom. The number of hydrogen-bond acceptors (Lipinski definition) is 2. The maximum atomic E-state index is 8.51. The van der Waals surface area contributed by atoms with Crippen molar-refractivity contribution in [3.8, 4) is 6.07 Å². The fourth-order valence-corrected chi connectivity index (χ4v) is 1.33. The molecule has 0 unspecified atom stereocenters.